The molecule has 0 bridgehead atoms. The molecule has 0 aliphatic heterocycles. The normalized spacial score (nSPS) is 13.0. The molecule has 3 aromatic rings. The van der Waals surface area contributed by atoms with Crippen molar-refractivity contribution >= 4 is 38.6 Å². The first-order valence-electron chi connectivity index (χ1n) is 6.49. The molecule has 0 saturated carbocycles. The van der Waals surface area contributed by atoms with Gasteiger partial charge in [0.15, 0.2) is 0 Å². The van der Waals surface area contributed by atoms with Gasteiger partial charge in [0.1, 0.15) is 11.6 Å². The smallest absolute Gasteiger partial charge is 0.139 e. The van der Waals surface area contributed by atoms with Crippen LogP contribution < -0.4 is 0 Å². The van der Waals surface area contributed by atoms with E-state index in [1.165, 1.54) is 6.07 Å². The van der Waals surface area contributed by atoms with Crippen LogP contribution in [0.1, 0.15) is 18.8 Å². The standard InChI is InChI=1S/C14H13BrClFN4/c1-9(8-20-4-2-3-18-20)21-13-5-10(15)11(17)6-12(13)19-14(21)7-16/h2-6,9H,7-8H2,1H3. The summed E-state index contributed by atoms with van der Waals surface area (Å²) in [6.07, 6.45) is 3.65. The van der Waals surface area contributed by atoms with Crippen molar-refractivity contribution in [2.75, 3.05) is 0 Å². The zero-order valence-corrected chi connectivity index (χ0v) is 13.6. The summed E-state index contributed by atoms with van der Waals surface area (Å²) in [5.41, 5.74) is 1.47. The van der Waals surface area contributed by atoms with Crippen LogP contribution in [0, 0.1) is 5.82 Å². The van der Waals surface area contributed by atoms with Crippen molar-refractivity contribution < 1.29 is 4.39 Å². The number of nitrogens with zero attached hydrogens (tertiary/aromatic N) is 4. The molecule has 4 nitrogen and oxygen atoms in total. The van der Waals surface area contributed by atoms with Gasteiger partial charge in [-0.1, -0.05) is 0 Å². The second kappa shape index (κ2) is 5.77. The van der Waals surface area contributed by atoms with Crippen LogP contribution in [0.2, 0.25) is 0 Å². The van der Waals surface area contributed by atoms with Crippen LogP contribution in [0.25, 0.3) is 11.0 Å². The summed E-state index contributed by atoms with van der Waals surface area (Å²) in [6, 6.07) is 5.15. The number of hydrogen-bond acceptors (Lipinski definition) is 2. The summed E-state index contributed by atoms with van der Waals surface area (Å²) < 4.78 is 18.0. The highest BCUT2D eigenvalue weighted by Crippen LogP contribution is 2.28. The topological polar surface area (TPSA) is 35.6 Å². The summed E-state index contributed by atoms with van der Waals surface area (Å²) in [6.45, 7) is 2.76. The van der Waals surface area contributed by atoms with Gasteiger partial charge in [0, 0.05) is 18.5 Å². The van der Waals surface area contributed by atoms with E-state index in [1.54, 1.807) is 12.3 Å². The molecule has 2 heterocycles. The minimum absolute atomic E-state index is 0.0982. The van der Waals surface area contributed by atoms with Crippen molar-refractivity contribution in [3.8, 4) is 0 Å². The van der Waals surface area contributed by atoms with Gasteiger partial charge in [-0.2, -0.15) is 5.10 Å². The Morgan fingerprint density at radius 3 is 2.90 bits per heavy atom. The Morgan fingerprint density at radius 1 is 1.43 bits per heavy atom. The second-order valence-electron chi connectivity index (χ2n) is 4.86. The van der Waals surface area contributed by atoms with Crippen LogP contribution in [-0.4, -0.2) is 19.3 Å². The zero-order valence-electron chi connectivity index (χ0n) is 11.3. The van der Waals surface area contributed by atoms with Crippen LogP contribution >= 0.6 is 27.5 Å². The Morgan fingerprint density at radius 2 is 2.24 bits per heavy atom. The van der Waals surface area contributed by atoms with Gasteiger partial charge in [-0.25, -0.2) is 9.37 Å². The number of rotatable bonds is 4. The molecule has 110 valence electrons. The van der Waals surface area contributed by atoms with E-state index in [0.717, 1.165) is 11.3 Å². The summed E-state index contributed by atoms with van der Waals surface area (Å²) in [5.74, 6) is 0.675. The minimum atomic E-state index is -0.326. The lowest BCUT2D eigenvalue weighted by Crippen LogP contribution is -2.15. The van der Waals surface area contributed by atoms with Gasteiger partial charge in [-0.05, 0) is 35.0 Å². The Kier molecular flexibility index (Phi) is 3.99. The number of alkyl halides is 1. The van der Waals surface area contributed by atoms with Crippen molar-refractivity contribution in [2.24, 2.45) is 0 Å². The second-order valence-corrected chi connectivity index (χ2v) is 5.99. The predicted molar refractivity (Wildman–Crippen MR) is 83.9 cm³/mol. The lowest BCUT2D eigenvalue weighted by atomic mass is 10.2. The molecule has 0 saturated heterocycles. The third kappa shape index (κ3) is 2.70. The third-order valence-corrected chi connectivity index (χ3v) is 4.22. The molecule has 0 N–H and O–H groups in total. The predicted octanol–water partition coefficient (Wildman–Crippen LogP) is 4.13. The Hall–Kier alpha value is -1.40. The SMILES string of the molecule is CC(Cn1cccn1)n1c(CCl)nc2cc(F)c(Br)cc21. The van der Waals surface area contributed by atoms with Crippen LogP contribution in [0.5, 0.6) is 0 Å². The van der Waals surface area contributed by atoms with E-state index in [0.29, 0.717) is 16.5 Å². The molecule has 3 rings (SSSR count). The van der Waals surface area contributed by atoms with Crippen molar-refractivity contribution in [2.45, 2.75) is 25.4 Å². The first-order chi connectivity index (χ1) is 10.1. The number of benzene rings is 1. The molecule has 7 heteroatoms. The summed E-state index contributed by atoms with van der Waals surface area (Å²) >= 11 is 9.22. The maximum absolute atomic E-state index is 13.7. The van der Waals surface area contributed by atoms with Gasteiger partial charge in [0.25, 0.3) is 0 Å². The van der Waals surface area contributed by atoms with Crippen LogP contribution in [-0.2, 0) is 12.4 Å². The van der Waals surface area contributed by atoms with Gasteiger partial charge in [-0.3, -0.25) is 4.68 Å². The van der Waals surface area contributed by atoms with Crippen LogP contribution in [0.3, 0.4) is 0 Å². The summed E-state index contributed by atoms with van der Waals surface area (Å²) in [5, 5.41) is 4.21. The monoisotopic (exact) mass is 370 g/mol. The van der Waals surface area contributed by atoms with Gasteiger partial charge < -0.3 is 4.57 Å². The van der Waals surface area contributed by atoms with E-state index in [4.69, 9.17) is 11.6 Å². The minimum Gasteiger partial charge on any atom is -0.322 e. The first-order valence-corrected chi connectivity index (χ1v) is 7.82. The average molecular weight is 372 g/mol. The van der Waals surface area contributed by atoms with Crippen LogP contribution in [0.15, 0.2) is 35.1 Å². The Bertz CT molecular complexity index is 769. The Balaban J connectivity index is 2.09. The highest BCUT2D eigenvalue weighted by Gasteiger charge is 2.17. The van der Waals surface area contributed by atoms with E-state index in [2.05, 4.69) is 32.9 Å². The van der Waals surface area contributed by atoms with Gasteiger partial charge in [-0.15, -0.1) is 11.6 Å². The zero-order chi connectivity index (χ0) is 15.0. The van der Waals surface area contributed by atoms with Gasteiger partial charge >= 0.3 is 0 Å². The number of halogens is 3. The molecule has 1 aromatic carbocycles. The number of imidazole rings is 1. The van der Waals surface area contributed by atoms with E-state index in [-0.39, 0.29) is 17.7 Å². The van der Waals surface area contributed by atoms with Crippen LogP contribution in [0.4, 0.5) is 4.39 Å². The molecule has 1 unspecified atom stereocenters. The van der Waals surface area contributed by atoms with Crippen molar-refractivity contribution in [3.05, 3.63) is 46.7 Å². The van der Waals surface area contributed by atoms with Crippen molar-refractivity contribution in [1.29, 1.82) is 0 Å². The molecule has 0 aliphatic rings. The van der Waals surface area contributed by atoms with E-state index in [9.17, 15) is 4.39 Å². The van der Waals surface area contributed by atoms with Gasteiger partial charge in [0.05, 0.1) is 34.0 Å². The molecule has 0 fully saturated rings. The highest BCUT2D eigenvalue weighted by molar-refractivity contribution is 9.10. The maximum atomic E-state index is 13.7. The third-order valence-electron chi connectivity index (χ3n) is 3.38. The fraction of sp³-hybridized carbons (Fsp3) is 0.286. The molecule has 1 atom stereocenters. The molecule has 0 radical (unpaired) electrons. The lowest BCUT2D eigenvalue weighted by molar-refractivity contribution is 0.438. The van der Waals surface area contributed by atoms with E-state index < -0.39 is 0 Å². The van der Waals surface area contributed by atoms with E-state index >= 15 is 0 Å². The first kappa shape index (κ1) is 14.5. The van der Waals surface area contributed by atoms with E-state index in [1.807, 2.05) is 21.5 Å². The number of fused-ring (bicyclic) bond motifs is 1. The summed E-state index contributed by atoms with van der Waals surface area (Å²) in [4.78, 5) is 4.42. The number of hydrogen-bond donors (Lipinski definition) is 0. The molecular weight excluding hydrogens is 359 g/mol. The molecular formula is C14H13BrClFN4. The molecule has 2 aromatic heterocycles. The van der Waals surface area contributed by atoms with Gasteiger partial charge in [0.2, 0.25) is 0 Å². The van der Waals surface area contributed by atoms with Crippen molar-refractivity contribution in [3.63, 3.8) is 0 Å². The van der Waals surface area contributed by atoms with Crippen molar-refractivity contribution in [1.82, 2.24) is 19.3 Å². The number of aromatic nitrogens is 4. The Labute approximate surface area is 134 Å². The lowest BCUT2D eigenvalue weighted by Gasteiger charge is -2.17. The average Bonchev–Trinajstić information content (AvgIpc) is 3.06. The molecule has 0 aliphatic carbocycles. The maximum Gasteiger partial charge on any atom is 0.139 e. The quantitative estimate of drug-likeness (QED) is 0.646. The fourth-order valence-corrected chi connectivity index (χ4v) is 3.01. The largest absolute Gasteiger partial charge is 0.322 e. The highest BCUT2D eigenvalue weighted by atomic mass is 79.9. The molecule has 0 spiro atoms. The summed E-state index contributed by atoms with van der Waals surface area (Å²) in [7, 11) is 0. The molecule has 21 heavy (non-hydrogen) atoms. The molecule has 0 amide bonds. The fourth-order valence-electron chi connectivity index (χ4n) is 2.49.